The van der Waals surface area contributed by atoms with E-state index < -0.39 is 0 Å². The van der Waals surface area contributed by atoms with Crippen LogP contribution in [0.4, 0.5) is 0 Å². The van der Waals surface area contributed by atoms with Crippen molar-refractivity contribution >= 4 is 16.8 Å². The number of hydrogen-bond acceptors (Lipinski definition) is 2. The van der Waals surface area contributed by atoms with Crippen LogP contribution in [0, 0.1) is 0 Å². The third kappa shape index (κ3) is 2.59. The third-order valence-corrected chi connectivity index (χ3v) is 4.55. The number of hydrogen-bond donors (Lipinski definition) is 1. The first kappa shape index (κ1) is 13.9. The minimum Gasteiger partial charge on any atom is -0.345 e. The summed E-state index contributed by atoms with van der Waals surface area (Å²) in [4.78, 5) is 17.2. The highest BCUT2D eigenvalue weighted by Gasteiger charge is 2.22. The van der Waals surface area contributed by atoms with Gasteiger partial charge in [-0.2, -0.15) is 0 Å². The molecule has 0 bridgehead atoms. The molecule has 0 saturated carbocycles. The van der Waals surface area contributed by atoms with Crippen molar-refractivity contribution in [3.8, 4) is 0 Å². The predicted molar refractivity (Wildman–Crippen MR) is 91.3 cm³/mol. The largest absolute Gasteiger partial charge is 0.345 e. The average molecular weight is 302 g/mol. The number of carbonyl (C=O) groups excluding carboxylic acids is 1. The molecule has 1 aliphatic carbocycles. The van der Waals surface area contributed by atoms with Crippen molar-refractivity contribution in [2.75, 3.05) is 0 Å². The molecule has 0 spiro atoms. The van der Waals surface area contributed by atoms with Gasteiger partial charge in [-0.1, -0.05) is 42.5 Å². The molecule has 1 aliphatic rings. The Bertz CT molecular complexity index is 867. The minimum atomic E-state index is -0.0454. The van der Waals surface area contributed by atoms with Crippen LogP contribution >= 0.6 is 0 Å². The molecule has 1 heterocycles. The maximum Gasteiger partial charge on any atom is 0.253 e. The Morgan fingerprint density at radius 1 is 1.04 bits per heavy atom. The molecule has 23 heavy (non-hydrogen) atoms. The van der Waals surface area contributed by atoms with Crippen molar-refractivity contribution in [3.63, 3.8) is 0 Å². The van der Waals surface area contributed by atoms with E-state index in [9.17, 15) is 4.79 Å². The molecule has 3 heteroatoms. The normalized spacial score (nSPS) is 16.8. The summed E-state index contributed by atoms with van der Waals surface area (Å²) in [6.45, 7) is 0. The number of aryl methyl sites for hydroxylation is 1. The van der Waals surface area contributed by atoms with Crippen molar-refractivity contribution in [2.24, 2.45) is 0 Å². The standard InChI is InChI=1S/C20H18N2O/c23-20(17-11-3-8-15-9-5-13-21-19(15)17)22-18-12-4-7-14-6-1-2-10-16(14)18/h1-3,5-6,8-11,13,18H,4,7,12H2,(H,22,23). The number of fused-ring (bicyclic) bond motifs is 2. The molecule has 0 fully saturated rings. The van der Waals surface area contributed by atoms with Gasteiger partial charge in [0.15, 0.2) is 0 Å². The molecule has 114 valence electrons. The molecule has 0 radical (unpaired) electrons. The van der Waals surface area contributed by atoms with Gasteiger partial charge in [0.05, 0.1) is 17.1 Å². The van der Waals surface area contributed by atoms with Crippen LogP contribution in [0.15, 0.2) is 60.8 Å². The number of nitrogens with zero attached hydrogens (tertiary/aromatic N) is 1. The Morgan fingerprint density at radius 2 is 1.91 bits per heavy atom. The van der Waals surface area contributed by atoms with Crippen molar-refractivity contribution in [1.82, 2.24) is 10.3 Å². The highest BCUT2D eigenvalue weighted by Crippen LogP contribution is 2.30. The second-order valence-electron chi connectivity index (χ2n) is 6.00. The molecular weight excluding hydrogens is 284 g/mol. The summed E-state index contributed by atoms with van der Waals surface area (Å²) in [6, 6.07) is 18.1. The van der Waals surface area contributed by atoms with Crippen LogP contribution < -0.4 is 5.32 Å². The first-order valence-corrected chi connectivity index (χ1v) is 8.05. The molecule has 1 atom stereocenters. The van der Waals surface area contributed by atoms with Gasteiger partial charge < -0.3 is 5.32 Å². The summed E-state index contributed by atoms with van der Waals surface area (Å²) < 4.78 is 0. The van der Waals surface area contributed by atoms with E-state index in [1.54, 1.807) is 6.20 Å². The molecule has 1 amide bonds. The maximum absolute atomic E-state index is 12.8. The zero-order valence-corrected chi connectivity index (χ0v) is 12.8. The lowest BCUT2D eigenvalue weighted by Crippen LogP contribution is -2.31. The quantitative estimate of drug-likeness (QED) is 0.776. The summed E-state index contributed by atoms with van der Waals surface area (Å²) in [5.41, 5.74) is 4.00. The molecule has 1 unspecified atom stereocenters. The topological polar surface area (TPSA) is 42.0 Å². The summed E-state index contributed by atoms with van der Waals surface area (Å²) in [5, 5.41) is 4.19. The maximum atomic E-state index is 12.8. The SMILES string of the molecule is O=C(NC1CCCc2ccccc21)c1cccc2cccnc12. The van der Waals surface area contributed by atoms with E-state index >= 15 is 0 Å². The molecule has 3 nitrogen and oxygen atoms in total. The molecular formula is C20H18N2O. The lowest BCUT2D eigenvalue weighted by atomic mass is 9.87. The summed E-state index contributed by atoms with van der Waals surface area (Å²) in [5.74, 6) is -0.0454. The first-order chi connectivity index (χ1) is 11.3. The van der Waals surface area contributed by atoms with E-state index in [0.29, 0.717) is 5.56 Å². The summed E-state index contributed by atoms with van der Waals surface area (Å²) in [7, 11) is 0. The van der Waals surface area contributed by atoms with Gasteiger partial charge in [-0.15, -0.1) is 0 Å². The highest BCUT2D eigenvalue weighted by atomic mass is 16.1. The molecule has 1 aromatic heterocycles. The number of aromatic nitrogens is 1. The lowest BCUT2D eigenvalue weighted by Gasteiger charge is -2.26. The number of carbonyl (C=O) groups is 1. The van der Waals surface area contributed by atoms with Crippen LogP contribution in [-0.4, -0.2) is 10.9 Å². The van der Waals surface area contributed by atoms with Crippen molar-refractivity contribution in [1.29, 1.82) is 0 Å². The summed E-state index contributed by atoms with van der Waals surface area (Å²) in [6.07, 6.45) is 4.92. The van der Waals surface area contributed by atoms with Crippen LogP contribution in [0.2, 0.25) is 0 Å². The molecule has 0 aliphatic heterocycles. The number of rotatable bonds is 2. The van der Waals surface area contributed by atoms with Gasteiger partial charge in [0.1, 0.15) is 0 Å². The fourth-order valence-electron chi connectivity index (χ4n) is 3.43. The van der Waals surface area contributed by atoms with Gasteiger partial charge in [-0.05, 0) is 42.5 Å². The molecule has 3 aromatic rings. The van der Waals surface area contributed by atoms with Crippen LogP contribution in [0.5, 0.6) is 0 Å². The van der Waals surface area contributed by atoms with Crippen LogP contribution in [-0.2, 0) is 6.42 Å². The minimum absolute atomic E-state index is 0.0454. The van der Waals surface area contributed by atoms with E-state index in [-0.39, 0.29) is 11.9 Å². The van der Waals surface area contributed by atoms with E-state index in [1.807, 2.05) is 36.4 Å². The number of pyridine rings is 1. The third-order valence-electron chi connectivity index (χ3n) is 4.55. The van der Waals surface area contributed by atoms with Gasteiger partial charge in [-0.25, -0.2) is 0 Å². The fourth-order valence-corrected chi connectivity index (χ4v) is 3.43. The van der Waals surface area contributed by atoms with Crippen LogP contribution in [0.3, 0.4) is 0 Å². The van der Waals surface area contributed by atoms with E-state index in [0.717, 1.165) is 30.2 Å². The number of nitrogens with one attached hydrogen (secondary N) is 1. The Balaban J connectivity index is 1.66. The predicted octanol–water partition coefficient (Wildman–Crippen LogP) is 4.04. The Hall–Kier alpha value is -2.68. The van der Waals surface area contributed by atoms with Gasteiger partial charge in [0.2, 0.25) is 0 Å². The second kappa shape index (κ2) is 5.84. The van der Waals surface area contributed by atoms with Crippen molar-refractivity contribution < 1.29 is 4.79 Å². The van der Waals surface area contributed by atoms with Gasteiger partial charge in [0, 0.05) is 11.6 Å². The smallest absolute Gasteiger partial charge is 0.253 e. The second-order valence-corrected chi connectivity index (χ2v) is 6.00. The highest BCUT2D eigenvalue weighted by molar-refractivity contribution is 6.05. The van der Waals surface area contributed by atoms with Crippen LogP contribution in [0.25, 0.3) is 10.9 Å². The van der Waals surface area contributed by atoms with E-state index in [2.05, 4.69) is 28.5 Å². The van der Waals surface area contributed by atoms with E-state index in [1.165, 1.54) is 11.1 Å². The average Bonchev–Trinajstić information content (AvgIpc) is 2.61. The zero-order chi connectivity index (χ0) is 15.6. The first-order valence-electron chi connectivity index (χ1n) is 8.05. The fraction of sp³-hybridized carbons (Fsp3) is 0.200. The number of benzene rings is 2. The van der Waals surface area contributed by atoms with Gasteiger partial charge in [0.25, 0.3) is 5.91 Å². The summed E-state index contributed by atoms with van der Waals surface area (Å²) >= 11 is 0. The lowest BCUT2D eigenvalue weighted by molar-refractivity contribution is 0.0934. The monoisotopic (exact) mass is 302 g/mol. The number of amides is 1. The van der Waals surface area contributed by atoms with Gasteiger partial charge >= 0.3 is 0 Å². The number of para-hydroxylation sites is 1. The Kier molecular flexibility index (Phi) is 3.54. The van der Waals surface area contributed by atoms with E-state index in [4.69, 9.17) is 0 Å². The molecule has 4 rings (SSSR count). The molecule has 2 aromatic carbocycles. The molecule has 0 saturated heterocycles. The van der Waals surface area contributed by atoms with Crippen LogP contribution in [0.1, 0.15) is 40.4 Å². The molecule has 1 N–H and O–H groups in total. The van der Waals surface area contributed by atoms with Crippen molar-refractivity contribution in [2.45, 2.75) is 25.3 Å². The Morgan fingerprint density at radius 3 is 2.87 bits per heavy atom. The van der Waals surface area contributed by atoms with Gasteiger partial charge in [-0.3, -0.25) is 9.78 Å². The van der Waals surface area contributed by atoms with Crippen molar-refractivity contribution in [3.05, 3.63) is 77.5 Å². The Labute approximate surface area is 135 Å². The zero-order valence-electron chi connectivity index (χ0n) is 12.8.